The van der Waals surface area contributed by atoms with Gasteiger partial charge in [-0.05, 0) is 51.3 Å². The first-order chi connectivity index (χ1) is 12.5. The van der Waals surface area contributed by atoms with Crippen LogP contribution in [0.1, 0.15) is 49.5 Å². The van der Waals surface area contributed by atoms with Gasteiger partial charge in [-0.15, -0.1) is 0 Å². The second kappa shape index (κ2) is 8.08. The van der Waals surface area contributed by atoms with E-state index in [0.29, 0.717) is 37.6 Å². The Morgan fingerprint density at radius 2 is 2.04 bits per heavy atom. The number of fused-ring (bicyclic) bond motifs is 2. The maximum atomic E-state index is 12.9. The monoisotopic (exact) mass is 361 g/mol. The van der Waals surface area contributed by atoms with Crippen molar-refractivity contribution < 1.29 is 23.8 Å². The number of rotatable bonds is 6. The van der Waals surface area contributed by atoms with E-state index < -0.39 is 5.97 Å². The van der Waals surface area contributed by atoms with E-state index in [1.807, 2.05) is 18.7 Å². The van der Waals surface area contributed by atoms with Gasteiger partial charge < -0.3 is 19.1 Å². The molecule has 2 heterocycles. The van der Waals surface area contributed by atoms with Crippen LogP contribution in [0, 0.1) is 0 Å². The molecule has 2 aliphatic heterocycles. The van der Waals surface area contributed by atoms with Gasteiger partial charge in [0.2, 0.25) is 5.91 Å². The number of amides is 1. The molecule has 0 spiro atoms. The van der Waals surface area contributed by atoms with Gasteiger partial charge in [0.1, 0.15) is 11.3 Å². The van der Waals surface area contributed by atoms with Crippen LogP contribution in [0.4, 0.5) is 0 Å². The van der Waals surface area contributed by atoms with Gasteiger partial charge in [-0.3, -0.25) is 4.79 Å². The van der Waals surface area contributed by atoms with Gasteiger partial charge in [0.15, 0.2) is 0 Å². The molecule has 1 aromatic carbocycles. The van der Waals surface area contributed by atoms with Crippen LogP contribution < -0.4 is 4.74 Å². The fourth-order valence-corrected chi connectivity index (χ4v) is 3.89. The second-order valence-electron chi connectivity index (χ2n) is 6.80. The van der Waals surface area contributed by atoms with Gasteiger partial charge >= 0.3 is 5.97 Å². The summed E-state index contributed by atoms with van der Waals surface area (Å²) in [7, 11) is 0. The highest BCUT2D eigenvalue weighted by molar-refractivity contribution is 5.93. The summed E-state index contributed by atoms with van der Waals surface area (Å²) in [6, 6.07) is 5.63. The van der Waals surface area contributed by atoms with E-state index in [0.717, 1.165) is 18.4 Å². The van der Waals surface area contributed by atoms with Crippen molar-refractivity contribution in [3.63, 3.8) is 0 Å². The fourth-order valence-electron chi connectivity index (χ4n) is 3.89. The van der Waals surface area contributed by atoms with Crippen LogP contribution in [0.25, 0.3) is 0 Å². The summed E-state index contributed by atoms with van der Waals surface area (Å²) in [5, 5.41) is 0. The molecule has 142 valence electrons. The number of hydrogen-bond donors (Lipinski definition) is 0. The van der Waals surface area contributed by atoms with Gasteiger partial charge in [-0.25, -0.2) is 4.79 Å². The van der Waals surface area contributed by atoms with E-state index >= 15 is 0 Å². The van der Waals surface area contributed by atoms with Crippen LogP contribution in [0.5, 0.6) is 5.75 Å². The standard InChI is InChI=1S/C20H27NO5/c1-4-24-18-10-14(6-8-16(18)20(23)25-5-2)11-19(22)21-15-7-9-17(21)13(3)26-12-15/h6,8,10,13,15,17H,4-5,7,9,11-12H2,1-3H3/t13-,15?,17?/m1/s1. The Morgan fingerprint density at radius 3 is 2.77 bits per heavy atom. The summed E-state index contributed by atoms with van der Waals surface area (Å²) in [6.45, 7) is 7.03. The molecule has 0 radical (unpaired) electrons. The fraction of sp³-hybridized carbons (Fsp3) is 0.600. The van der Waals surface area contributed by atoms with E-state index in [4.69, 9.17) is 14.2 Å². The summed E-state index contributed by atoms with van der Waals surface area (Å²) in [6.07, 6.45) is 2.39. The number of benzene rings is 1. The lowest BCUT2D eigenvalue weighted by molar-refractivity contribution is -0.145. The first kappa shape index (κ1) is 18.7. The molecule has 3 rings (SSSR count). The molecule has 0 saturated carbocycles. The van der Waals surface area contributed by atoms with Crippen molar-refractivity contribution in [2.45, 2.75) is 58.2 Å². The highest BCUT2D eigenvalue weighted by atomic mass is 16.5. The van der Waals surface area contributed by atoms with Gasteiger partial charge in [0.05, 0.1) is 44.4 Å². The van der Waals surface area contributed by atoms with Crippen LogP contribution in [-0.4, -0.2) is 54.8 Å². The topological polar surface area (TPSA) is 65.1 Å². The first-order valence-corrected chi connectivity index (χ1v) is 9.40. The Morgan fingerprint density at radius 1 is 1.23 bits per heavy atom. The van der Waals surface area contributed by atoms with Crippen molar-refractivity contribution in [1.82, 2.24) is 4.90 Å². The molecule has 1 aromatic rings. The third-order valence-electron chi connectivity index (χ3n) is 5.12. The third-order valence-corrected chi connectivity index (χ3v) is 5.12. The van der Waals surface area contributed by atoms with Crippen LogP contribution in [0.3, 0.4) is 0 Å². The van der Waals surface area contributed by atoms with E-state index in [-0.39, 0.29) is 24.1 Å². The van der Waals surface area contributed by atoms with Crippen molar-refractivity contribution in [1.29, 1.82) is 0 Å². The molecule has 0 aromatic heterocycles. The predicted octanol–water partition coefficient (Wildman–Crippen LogP) is 2.58. The number of esters is 1. The first-order valence-electron chi connectivity index (χ1n) is 9.40. The Bertz CT molecular complexity index is 674. The van der Waals surface area contributed by atoms with E-state index in [1.165, 1.54) is 0 Å². The maximum Gasteiger partial charge on any atom is 0.341 e. The smallest absolute Gasteiger partial charge is 0.341 e. The molecule has 2 saturated heterocycles. The van der Waals surface area contributed by atoms with E-state index in [1.54, 1.807) is 25.1 Å². The summed E-state index contributed by atoms with van der Waals surface area (Å²) >= 11 is 0. The molecule has 6 nitrogen and oxygen atoms in total. The normalized spacial score (nSPS) is 24.4. The zero-order chi connectivity index (χ0) is 18.7. The Labute approximate surface area is 154 Å². The number of hydrogen-bond acceptors (Lipinski definition) is 5. The molecule has 2 bridgehead atoms. The zero-order valence-electron chi connectivity index (χ0n) is 15.7. The van der Waals surface area contributed by atoms with Crippen molar-refractivity contribution in [2.75, 3.05) is 19.8 Å². The molecule has 0 N–H and O–H groups in total. The Balaban J connectivity index is 1.76. The number of carbonyl (C=O) groups excluding carboxylic acids is 2. The van der Waals surface area contributed by atoms with E-state index in [2.05, 4.69) is 0 Å². The number of morpholine rings is 1. The van der Waals surface area contributed by atoms with Gasteiger partial charge in [0.25, 0.3) is 0 Å². The third kappa shape index (κ3) is 3.70. The predicted molar refractivity (Wildman–Crippen MR) is 96.3 cm³/mol. The molecule has 2 fully saturated rings. The highest BCUT2D eigenvalue weighted by Gasteiger charge is 2.43. The molecular formula is C20H27NO5. The lowest BCUT2D eigenvalue weighted by Gasteiger charge is -2.38. The largest absolute Gasteiger partial charge is 0.493 e. The minimum atomic E-state index is -0.408. The van der Waals surface area contributed by atoms with Gasteiger partial charge in [-0.2, -0.15) is 0 Å². The zero-order valence-corrected chi connectivity index (χ0v) is 15.7. The quantitative estimate of drug-likeness (QED) is 0.729. The lowest BCUT2D eigenvalue weighted by Crippen LogP contribution is -2.53. The Kier molecular flexibility index (Phi) is 5.81. The Hall–Kier alpha value is -2.08. The summed E-state index contributed by atoms with van der Waals surface area (Å²) in [4.78, 5) is 27.0. The van der Waals surface area contributed by atoms with Gasteiger partial charge in [-0.1, -0.05) is 6.07 Å². The molecule has 2 unspecified atom stereocenters. The van der Waals surface area contributed by atoms with Crippen LogP contribution in [-0.2, 0) is 20.7 Å². The molecule has 2 aliphatic rings. The van der Waals surface area contributed by atoms with Crippen molar-refractivity contribution in [3.8, 4) is 5.75 Å². The molecule has 26 heavy (non-hydrogen) atoms. The summed E-state index contributed by atoms with van der Waals surface area (Å²) in [5.41, 5.74) is 1.23. The van der Waals surface area contributed by atoms with Crippen LogP contribution in [0.15, 0.2) is 18.2 Å². The SMILES string of the molecule is CCOC(=O)c1ccc(CC(=O)N2C3CCC2[C@@H](C)OC3)cc1OCC. The molecule has 1 amide bonds. The van der Waals surface area contributed by atoms with Crippen LogP contribution in [0.2, 0.25) is 0 Å². The second-order valence-corrected chi connectivity index (χ2v) is 6.80. The highest BCUT2D eigenvalue weighted by Crippen LogP contribution is 2.33. The minimum absolute atomic E-state index is 0.0860. The molecule has 0 aliphatic carbocycles. The maximum absolute atomic E-state index is 12.9. The van der Waals surface area contributed by atoms with Crippen molar-refractivity contribution in [2.24, 2.45) is 0 Å². The number of carbonyl (C=O) groups is 2. The molecule has 3 atom stereocenters. The summed E-state index contributed by atoms with van der Waals surface area (Å²) < 4.78 is 16.4. The number of nitrogens with zero attached hydrogens (tertiary/aromatic N) is 1. The molecular weight excluding hydrogens is 334 g/mol. The summed E-state index contributed by atoms with van der Waals surface area (Å²) in [5.74, 6) is 0.169. The minimum Gasteiger partial charge on any atom is -0.493 e. The van der Waals surface area contributed by atoms with Gasteiger partial charge in [0, 0.05) is 0 Å². The number of ether oxygens (including phenoxy) is 3. The van der Waals surface area contributed by atoms with E-state index in [9.17, 15) is 9.59 Å². The average Bonchev–Trinajstić information content (AvgIpc) is 2.96. The van der Waals surface area contributed by atoms with Crippen LogP contribution >= 0.6 is 0 Å². The van der Waals surface area contributed by atoms with Crippen molar-refractivity contribution in [3.05, 3.63) is 29.3 Å². The lowest BCUT2D eigenvalue weighted by atomic mass is 10.0. The molecule has 6 heteroatoms. The van der Waals surface area contributed by atoms with Crippen molar-refractivity contribution >= 4 is 11.9 Å². The average molecular weight is 361 g/mol.